The molecular formula is C19H14N2O2. The quantitative estimate of drug-likeness (QED) is 0.691. The molecule has 4 heteroatoms. The number of benzene rings is 2. The van der Waals surface area contributed by atoms with Crippen LogP contribution in [0.2, 0.25) is 0 Å². The van der Waals surface area contributed by atoms with Crippen LogP contribution in [0, 0.1) is 18.3 Å². The molecule has 0 bridgehead atoms. The van der Waals surface area contributed by atoms with E-state index in [-0.39, 0.29) is 6.61 Å². The van der Waals surface area contributed by atoms with Crippen LogP contribution in [-0.4, -0.2) is 11.0 Å². The number of rotatable bonds is 3. The zero-order valence-corrected chi connectivity index (χ0v) is 12.6. The molecule has 0 amide bonds. The molecule has 0 saturated heterocycles. The van der Waals surface area contributed by atoms with Crippen LogP contribution in [-0.2, 0) is 11.3 Å². The maximum atomic E-state index is 12.4. The Hall–Kier alpha value is -3.19. The van der Waals surface area contributed by atoms with Crippen molar-refractivity contribution in [3.8, 4) is 6.07 Å². The van der Waals surface area contributed by atoms with Crippen LogP contribution in [0.25, 0.3) is 10.9 Å². The Morgan fingerprint density at radius 3 is 2.83 bits per heavy atom. The molecule has 0 fully saturated rings. The van der Waals surface area contributed by atoms with Crippen molar-refractivity contribution in [3.05, 3.63) is 77.0 Å². The maximum Gasteiger partial charge on any atom is 0.339 e. The third-order valence-electron chi connectivity index (χ3n) is 3.49. The van der Waals surface area contributed by atoms with E-state index in [9.17, 15) is 4.79 Å². The van der Waals surface area contributed by atoms with E-state index in [4.69, 9.17) is 10.00 Å². The van der Waals surface area contributed by atoms with E-state index in [0.717, 1.165) is 22.2 Å². The summed E-state index contributed by atoms with van der Waals surface area (Å²) in [6, 6.07) is 18.3. The molecule has 3 aromatic rings. The molecule has 0 aliphatic heterocycles. The van der Waals surface area contributed by atoms with Gasteiger partial charge in [-0.1, -0.05) is 30.3 Å². The summed E-state index contributed by atoms with van der Waals surface area (Å²) in [6.45, 7) is 1.98. The summed E-state index contributed by atoms with van der Waals surface area (Å²) in [5.41, 5.74) is 3.37. The van der Waals surface area contributed by atoms with Crippen LogP contribution >= 0.6 is 0 Å². The number of pyridine rings is 1. The smallest absolute Gasteiger partial charge is 0.339 e. The van der Waals surface area contributed by atoms with E-state index in [1.807, 2.05) is 37.3 Å². The van der Waals surface area contributed by atoms with Gasteiger partial charge in [-0.2, -0.15) is 5.26 Å². The van der Waals surface area contributed by atoms with Crippen LogP contribution in [0.4, 0.5) is 0 Å². The first-order valence-corrected chi connectivity index (χ1v) is 7.20. The Kier molecular flexibility index (Phi) is 4.03. The predicted molar refractivity (Wildman–Crippen MR) is 86.8 cm³/mol. The van der Waals surface area contributed by atoms with Gasteiger partial charge in [-0.25, -0.2) is 4.79 Å². The SMILES string of the molecule is Cc1cc(C(=O)OCc2cccc(C#N)c2)c2ccccc2n1. The lowest BCUT2D eigenvalue weighted by molar-refractivity contribution is 0.0475. The van der Waals surface area contributed by atoms with Crippen molar-refractivity contribution in [2.75, 3.05) is 0 Å². The number of nitriles is 1. The van der Waals surface area contributed by atoms with E-state index in [0.29, 0.717) is 11.1 Å². The van der Waals surface area contributed by atoms with Crippen LogP contribution in [0.1, 0.15) is 27.2 Å². The van der Waals surface area contributed by atoms with Crippen LogP contribution in [0.3, 0.4) is 0 Å². The highest BCUT2D eigenvalue weighted by Gasteiger charge is 2.13. The van der Waals surface area contributed by atoms with Gasteiger partial charge in [0.25, 0.3) is 0 Å². The molecular weight excluding hydrogens is 288 g/mol. The van der Waals surface area contributed by atoms with Gasteiger partial charge >= 0.3 is 5.97 Å². The van der Waals surface area contributed by atoms with E-state index in [1.165, 1.54) is 0 Å². The summed E-state index contributed by atoms with van der Waals surface area (Å²) >= 11 is 0. The van der Waals surface area contributed by atoms with E-state index >= 15 is 0 Å². The highest BCUT2D eigenvalue weighted by Crippen LogP contribution is 2.19. The molecule has 0 aliphatic rings. The Balaban J connectivity index is 1.85. The normalized spacial score (nSPS) is 10.3. The second kappa shape index (κ2) is 6.29. The number of aromatic nitrogens is 1. The van der Waals surface area contributed by atoms with Crippen molar-refractivity contribution in [2.24, 2.45) is 0 Å². The first kappa shape index (κ1) is 14.7. The molecule has 0 atom stereocenters. The lowest BCUT2D eigenvalue weighted by Crippen LogP contribution is -2.07. The van der Waals surface area contributed by atoms with Gasteiger partial charge in [0, 0.05) is 11.1 Å². The standard InChI is InChI=1S/C19H14N2O2/c1-13-9-17(16-7-2-3-8-18(16)21-13)19(22)23-12-15-6-4-5-14(10-15)11-20/h2-10H,12H2,1H3. The number of hydrogen-bond acceptors (Lipinski definition) is 4. The minimum atomic E-state index is -0.394. The van der Waals surface area contributed by atoms with Crippen molar-refractivity contribution < 1.29 is 9.53 Å². The number of aryl methyl sites for hydroxylation is 1. The third-order valence-corrected chi connectivity index (χ3v) is 3.49. The van der Waals surface area contributed by atoms with Gasteiger partial charge in [0.05, 0.1) is 22.7 Å². The Morgan fingerprint density at radius 2 is 2.00 bits per heavy atom. The summed E-state index contributed by atoms with van der Waals surface area (Å²) in [4.78, 5) is 16.8. The fourth-order valence-electron chi connectivity index (χ4n) is 2.43. The molecule has 0 aliphatic carbocycles. The first-order chi connectivity index (χ1) is 11.2. The molecule has 0 saturated carbocycles. The summed E-state index contributed by atoms with van der Waals surface area (Å²) < 4.78 is 5.40. The van der Waals surface area contributed by atoms with Crippen molar-refractivity contribution in [3.63, 3.8) is 0 Å². The molecule has 23 heavy (non-hydrogen) atoms. The van der Waals surface area contributed by atoms with Gasteiger partial charge in [0.15, 0.2) is 0 Å². The maximum absolute atomic E-state index is 12.4. The summed E-state index contributed by atoms with van der Waals surface area (Å²) in [6.07, 6.45) is 0. The van der Waals surface area contributed by atoms with Gasteiger partial charge in [-0.05, 0) is 36.8 Å². The molecule has 1 heterocycles. The van der Waals surface area contributed by atoms with E-state index in [2.05, 4.69) is 11.1 Å². The highest BCUT2D eigenvalue weighted by atomic mass is 16.5. The zero-order chi connectivity index (χ0) is 16.2. The van der Waals surface area contributed by atoms with Crippen LogP contribution < -0.4 is 0 Å². The van der Waals surface area contributed by atoms with Crippen molar-refractivity contribution >= 4 is 16.9 Å². The minimum absolute atomic E-state index is 0.129. The number of hydrogen-bond donors (Lipinski definition) is 0. The second-order valence-corrected chi connectivity index (χ2v) is 5.22. The van der Waals surface area contributed by atoms with E-state index < -0.39 is 5.97 Å². The summed E-state index contributed by atoms with van der Waals surface area (Å²) in [5, 5.41) is 9.67. The minimum Gasteiger partial charge on any atom is -0.457 e. The third kappa shape index (κ3) is 3.19. The molecule has 4 nitrogen and oxygen atoms in total. The largest absolute Gasteiger partial charge is 0.457 e. The average molecular weight is 302 g/mol. The topological polar surface area (TPSA) is 63.0 Å². The van der Waals surface area contributed by atoms with Gasteiger partial charge < -0.3 is 4.74 Å². The number of fused-ring (bicyclic) bond motifs is 1. The molecule has 0 spiro atoms. The molecule has 3 rings (SSSR count). The fraction of sp³-hybridized carbons (Fsp3) is 0.105. The summed E-state index contributed by atoms with van der Waals surface area (Å²) in [5.74, 6) is -0.394. The Morgan fingerprint density at radius 1 is 1.17 bits per heavy atom. The lowest BCUT2D eigenvalue weighted by atomic mass is 10.1. The number of nitrogens with zero attached hydrogens (tertiary/aromatic N) is 2. The van der Waals surface area contributed by atoms with Gasteiger partial charge in [0.1, 0.15) is 6.61 Å². The number of ether oxygens (including phenoxy) is 1. The van der Waals surface area contributed by atoms with Crippen molar-refractivity contribution in [1.82, 2.24) is 4.98 Å². The fourth-order valence-corrected chi connectivity index (χ4v) is 2.43. The molecule has 0 radical (unpaired) electrons. The van der Waals surface area contributed by atoms with Gasteiger partial charge in [0.2, 0.25) is 0 Å². The van der Waals surface area contributed by atoms with Crippen LogP contribution in [0.15, 0.2) is 54.6 Å². The number of para-hydroxylation sites is 1. The van der Waals surface area contributed by atoms with Gasteiger partial charge in [-0.3, -0.25) is 4.98 Å². The lowest BCUT2D eigenvalue weighted by Gasteiger charge is -2.08. The predicted octanol–water partition coefficient (Wildman–Crippen LogP) is 3.77. The number of carbonyl (C=O) groups is 1. The number of esters is 1. The van der Waals surface area contributed by atoms with E-state index in [1.54, 1.807) is 24.3 Å². The Labute approximate surface area is 134 Å². The second-order valence-electron chi connectivity index (χ2n) is 5.22. The number of carbonyl (C=O) groups excluding carboxylic acids is 1. The molecule has 2 aromatic carbocycles. The van der Waals surface area contributed by atoms with Gasteiger partial charge in [-0.15, -0.1) is 0 Å². The average Bonchev–Trinajstić information content (AvgIpc) is 2.59. The molecule has 0 N–H and O–H groups in total. The highest BCUT2D eigenvalue weighted by molar-refractivity contribution is 6.03. The first-order valence-electron chi connectivity index (χ1n) is 7.20. The van der Waals surface area contributed by atoms with Crippen molar-refractivity contribution in [2.45, 2.75) is 13.5 Å². The summed E-state index contributed by atoms with van der Waals surface area (Å²) in [7, 11) is 0. The zero-order valence-electron chi connectivity index (χ0n) is 12.6. The molecule has 112 valence electrons. The Bertz CT molecular complexity index is 926. The monoisotopic (exact) mass is 302 g/mol. The molecule has 1 aromatic heterocycles. The molecule has 0 unspecified atom stereocenters. The van der Waals surface area contributed by atoms with Crippen molar-refractivity contribution in [1.29, 1.82) is 5.26 Å². The van der Waals surface area contributed by atoms with Crippen LogP contribution in [0.5, 0.6) is 0 Å².